The van der Waals surface area contributed by atoms with Gasteiger partial charge in [-0.2, -0.15) is 0 Å². The van der Waals surface area contributed by atoms with Crippen molar-refractivity contribution in [1.29, 1.82) is 0 Å². The van der Waals surface area contributed by atoms with Gasteiger partial charge in [-0.1, -0.05) is 185 Å². The predicted octanol–water partition coefficient (Wildman–Crippen LogP) is 17.8. The summed E-state index contributed by atoms with van der Waals surface area (Å²) in [6.07, 6.45) is 0. The van der Waals surface area contributed by atoms with Crippen LogP contribution in [0.2, 0.25) is 0 Å². The summed E-state index contributed by atoms with van der Waals surface area (Å²) >= 11 is 0. The standard InChI is InChI=1S/C64H47NO/c1-63(2)57-20-12-10-17-49(57)51-34-31-46(37-59(51)63)65(45-29-26-43(27-30-45)42-24-22-41(23-25-42)40-14-6-5-7-15-40)47-32-35-52-50-33-28-44(36-58(50)64(3,4)60(52)38-47)55-39-56-53-18-11-13-21-61(53)66-62(56)54-19-9-8-16-48(54)55/h5-39H,1-4H3. The second kappa shape index (κ2) is 14.3. The number of anilines is 3. The van der Waals surface area contributed by atoms with Crippen molar-refractivity contribution in [2.75, 3.05) is 4.90 Å². The summed E-state index contributed by atoms with van der Waals surface area (Å²) in [5.41, 5.74) is 22.9. The van der Waals surface area contributed by atoms with E-state index in [1.54, 1.807) is 0 Å². The quantitative estimate of drug-likeness (QED) is 0.166. The Morgan fingerprint density at radius 2 is 0.758 bits per heavy atom. The van der Waals surface area contributed by atoms with E-state index < -0.39 is 0 Å². The molecule has 2 aliphatic rings. The zero-order valence-electron chi connectivity index (χ0n) is 37.6. The van der Waals surface area contributed by atoms with E-state index in [-0.39, 0.29) is 10.8 Å². The molecule has 0 radical (unpaired) electrons. The average molecular weight is 846 g/mol. The van der Waals surface area contributed by atoms with Gasteiger partial charge in [0, 0.05) is 44.1 Å². The molecule has 2 aliphatic carbocycles. The summed E-state index contributed by atoms with van der Waals surface area (Å²) in [6.45, 7) is 9.53. The minimum atomic E-state index is -0.248. The van der Waals surface area contributed by atoms with Crippen molar-refractivity contribution in [3.63, 3.8) is 0 Å². The summed E-state index contributed by atoms with van der Waals surface area (Å²) in [6, 6.07) is 78.3. The highest BCUT2D eigenvalue weighted by molar-refractivity contribution is 6.19. The van der Waals surface area contributed by atoms with E-state index in [0.717, 1.165) is 44.4 Å². The molecule has 10 aromatic carbocycles. The lowest BCUT2D eigenvalue weighted by molar-refractivity contribution is 0.660. The lowest BCUT2D eigenvalue weighted by atomic mass is 9.81. The van der Waals surface area contributed by atoms with Gasteiger partial charge in [0.15, 0.2) is 0 Å². The van der Waals surface area contributed by atoms with Crippen LogP contribution in [0.4, 0.5) is 17.1 Å². The zero-order valence-corrected chi connectivity index (χ0v) is 37.6. The molecule has 0 N–H and O–H groups in total. The van der Waals surface area contributed by atoms with Crippen LogP contribution < -0.4 is 4.90 Å². The Morgan fingerprint density at radius 3 is 1.42 bits per heavy atom. The largest absolute Gasteiger partial charge is 0.455 e. The number of benzene rings is 10. The van der Waals surface area contributed by atoms with Crippen molar-refractivity contribution in [1.82, 2.24) is 0 Å². The van der Waals surface area contributed by atoms with Crippen LogP contribution in [-0.2, 0) is 10.8 Å². The topological polar surface area (TPSA) is 16.4 Å². The molecule has 0 amide bonds. The Balaban J connectivity index is 0.917. The first-order valence-electron chi connectivity index (χ1n) is 23.2. The third-order valence-electron chi connectivity index (χ3n) is 14.9. The van der Waals surface area contributed by atoms with Crippen LogP contribution in [-0.4, -0.2) is 0 Å². The van der Waals surface area contributed by atoms with Crippen LogP contribution in [0.25, 0.3) is 88.3 Å². The molecule has 13 rings (SSSR count). The third-order valence-corrected chi connectivity index (χ3v) is 14.9. The number of hydrogen-bond donors (Lipinski definition) is 0. The molecule has 0 fully saturated rings. The van der Waals surface area contributed by atoms with Gasteiger partial charge < -0.3 is 9.32 Å². The van der Waals surface area contributed by atoms with E-state index >= 15 is 0 Å². The summed E-state index contributed by atoms with van der Waals surface area (Å²) < 4.78 is 6.49. The molecule has 0 bridgehead atoms. The van der Waals surface area contributed by atoms with E-state index in [4.69, 9.17) is 4.42 Å². The van der Waals surface area contributed by atoms with Crippen molar-refractivity contribution in [2.45, 2.75) is 38.5 Å². The zero-order chi connectivity index (χ0) is 44.3. The average Bonchev–Trinajstić information content (AvgIpc) is 3.93. The molecule has 11 aromatic rings. The molecule has 66 heavy (non-hydrogen) atoms. The molecule has 0 aliphatic heterocycles. The van der Waals surface area contributed by atoms with Crippen LogP contribution in [0.5, 0.6) is 0 Å². The smallest absolute Gasteiger partial charge is 0.143 e. The number of nitrogens with zero attached hydrogens (tertiary/aromatic N) is 1. The number of hydrogen-bond acceptors (Lipinski definition) is 2. The summed E-state index contributed by atoms with van der Waals surface area (Å²) in [5.74, 6) is 0. The Hall–Kier alpha value is -7.94. The van der Waals surface area contributed by atoms with E-state index in [1.807, 2.05) is 6.07 Å². The molecule has 314 valence electrons. The van der Waals surface area contributed by atoms with Crippen molar-refractivity contribution >= 4 is 49.8 Å². The second-order valence-corrected chi connectivity index (χ2v) is 19.3. The maximum Gasteiger partial charge on any atom is 0.143 e. The molecule has 0 saturated heterocycles. The molecule has 0 saturated carbocycles. The molecule has 2 heteroatoms. The molecule has 0 atom stereocenters. The maximum atomic E-state index is 6.49. The first-order valence-corrected chi connectivity index (χ1v) is 23.2. The molecule has 0 spiro atoms. The fourth-order valence-corrected chi connectivity index (χ4v) is 11.4. The Kier molecular flexibility index (Phi) is 8.33. The van der Waals surface area contributed by atoms with E-state index in [9.17, 15) is 0 Å². The first-order chi connectivity index (χ1) is 32.2. The molecule has 1 heterocycles. The number of para-hydroxylation sites is 1. The first kappa shape index (κ1) is 38.5. The highest BCUT2D eigenvalue weighted by Gasteiger charge is 2.38. The molecule has 2 nitrogen and oxygen atoms in total. The van der Waals surface area contributed by atoms with Crippen LogP contribution in [0, 0.1) is 0 Å². The van der Waals surface area contributed by atoms with Gasteiger partial charge in [0.2, 0.25) is 0 Å². The van der Waals surface area contributed by atoms with Crippen molar-refractivity contribution in [3.05, 3.63) is 235 Å². The minimum absolute atomic E-state index is 0.122. The summed E-state index contributed by atoms with van der Waals surface area (Å²) in [7, 11) is 0. The summed E-state index contributed by atoms with van der Waals surface area (Å²) in [4.78, 5) is 2.46. The number of fused-ring (bicyclic) bond motifs is 11. The summed E-state index contributed by atoms with van der Waals surface area (Å²) in [5, 5.41) is 4.64. The van der Waals surface area contributed by atoms with Crippen molar-refractivity contribution in [2.24, 2.45) is 0 Å². The lowest BCUT2D eigenvalue weighted by Gasteiger charge is -2.30. The van der Waals surface area contributed by atoms with Crippen LogP contribution in [0.15, 0.2) is 217 Å². The fraction of sp³-hybridized carbons (Fsp3) is 0.0938. The van der Waals surface area contributed by atoms with Gasteiger partial charge in [0.25, 0.3) is 0 Å². The van der Waals surface area contributed by atoms with Crippen LogP contribution in [0.1, 0.15) is 49.9 Å². The van der Waals surface area contributed by atoms with Gasteiger partial charge in [-0.15, -0.1) is 0 Å². The fourth-order valence-electron chi connectivity index (χ4n) is 11.4. The van der Waals surface area contributed by atoms with Crippen LogP contribution in [0.3, 0.4) is 0 Å². The van der Waals surface area contributed by atoms with Gasteiger partial charge in [-0.3, -0.25) is 0 Å². The highest BCUT2D eigenvalue weighted by Crippen LogP contribution is 2.54. The maximum absolute atomic E-state index is 6.49. The van der Waals surface area contributed by atoms with Gasteiger partial charge in [-0.25, -0.2) is 0 Å². The van der Waals surface area contributed by atoms with Gasteiger partial charge >= 0.3 is 0 Å². The van der Waals surface area contributed by atoms with Crippen molar-refractivity contribution < 1.29 is 4.42 Å². The van der Waals surface area contributed by atoms with Gasteiger partial charge in [0.1, 0.15) is 11.2 Å². The number of rotatable bonds is 6. The molecular weight excluding hydrogens is 799 g/mol. The highest BCUT2D eigenvalue weighted by atomic mass is 16.3. The van der Waals surface area contributed by atoms with E-state index in [1.165, 1.54) is 83.3 Å². The van der Waals surface area contributed by atoms with Crippen LogP contribution >= 0.6 is 0 Å². The Morgan fingerprint density at radius 1 is 0.303 bits per heavy atom. The SMILES string of the molecule is CC1(C)c2ccccc2-c2ccc(N(c3ccc(-c4ccc(-c5ccccc5)cc4)cc3)c3ccc4c(c3)C(C)(C)c3cc(-c5cc6c7ccccc7oc6c6ccccc56)ccc3-4)cc21. The van der Waals surface area contributed by atoms with Gasteiger partial charge in [0.05, 0.1) is 0 Å². The number of furan rings is 1. The van der Waals surface area contributed by atoms with E-state index in [2.05, 4.69) is 239 Å². The Bertz CT molecular complexity index is 3740. The van der Waals surface area contributed by atoms with Crippen molar-refractivity contribution in [3.8, 4) is 55.6 Å². The lowest BCUT2D eigenvalue weighted by Crippen LogP contribution is -2.18. The van der Waals surface area contributed by atoms with Gasteiger partial charge in [-0.05, 0) is 138 Å². The Labute approximate surface area is 386 Å². The third kappa shape index (κ3) is 5.74. The van der Waals surface area contributed by atoms with E-state index in [0.29, 0.717) is 0 Å². The monoisotopic (exact) mass is 845 g/mol. The second-order valence-electron chi connectivity index (χ2n) is 19.3. The predicted molar refractivity (Wildman–Crippen MR) is 277 cm³/mol. The minimum Gasteiger partial charge on any atom is -0.455 e. The molecular formula is C64H47NO. The molecule has 1 aromatic heterocycles. The molecule has 0 unspecified atom stereocenters. The normalized spacial score (nSPS) is 14.0.